The van der Waals surface area contributed by atoms with E-state index < -0.39 is 0 Å². The van der Waals surface area contributed by atoms with Crippen LogP contribution < -0.4 is 5.32 Å². The molecular weight excluding hydrogens is 264 g/mol. The van der Waals surface area contributed by atoms with E-state index in [0.717, 1.165) is 38.8 Å². The first-order valence-corrected chi connectivity index (χ1v) is 8.78. The van der Waals surface area contributed by atoms with Crippen molar-refractivity contribution in [1.82, 2.24) is 10.2 Å². The number of nitrogens with one attached hydrogen (secondary N) is 1. The zero-order chi connectivity index (χ0) is 15.0. The highest BCUT2D eigenvalue weighted by molar-refractivity contribution is 4.88. The Morgan fingerprint density at radius 3 is 2.57 bits per heavy atom. The molecular formula is C17H34N2O2. The maximum Gasteiger partial charge on any atom is 0.0491 e. The molecule has 0 spiro atoms. The minimum Gasteiger partial charge on any atom is -0.384 e. The van der Waals surface area contributed by atoms with Crippen LogP contribution in [0.3, 0.4) is 0 Å². The van der Waals surface area contributed by atoms with E-state index in [-0.39, 0.29) is 0 Å². The van der Waals surface area contributed by atoms with Gasteiger partial charge in [0.1, 0.15) is 0 Å². The standard InChI is InChI=1S/C17H34N2O2/c1-3-8-18-14-17(6-11-21-12-7-17)15-19-9-4-16(5-10-19)13-20-2/h16,18H,3-15H2,1-2H3. The van der Waals surface area contributed by atoms with Crippen molar-refractivity contribution in [3.63, 3.8) is 0 Å². The molecule has 1 N–H and O–H groups in total. The molecule has 0 aromatic carbocycles. The normalized spacial score (nSPS) is 24.3. The van der Waals surface area contributed by atoms with Crippen molar-refractivity contribution in [2.45, 2.75) is 39.0 Å². The lowest BCUT2D eigenvalue weighted by Crippen LogP contribution is -2.49. The molecule has 0 aromatic heterocycles. The summed E-state index contributed by atoms with van der Waals surface area (Å²) in [6.45, 7) is 11.1. The first-order valence-electron chi connectivity index (χ1n) is 8.78. The zero-order valence-electron chi connectivity index (χ0n) is 14.0. The molecule has 4 nitrogen and oxygen atoms in total. The molecule has 21 heavy (non-hydrogen) atoms. The predicted molar refractivity (Wildman–Crippen MR) is 86.7 cm³/mol. The SMILES string of the molecule is CCCNCC1(CN2CCC(COC)CC2)CCOCC1. The van der Waals surface area contributed by atoms with Crippen molar-refractivity contribution in [2.75, 3.05) is 59.7 Å². The van der Waals surface area contributed by atoms with Gasteiger partial charge in [-0.25, -0.2) is 0 Å². The van der Waals surface area contributed by atoms with E-state index in [4.69, 9.17) is 9.47 Å². The molecule has 0 atom stereocenters. The number of nitrogens with zero attached hydrogens (tertiary/aromatic N) is 1. The number of hydrogen-bond acceptors (Lipinski definition) is 4. The Balaban J connectivity index is 1.81. The molecule has 0 bridgehead atoms. The van der Waals surface area contributed by atoms with Gasteiger partial charge >= 0.3 is 0 Å². The van der Waals surface area contributed by atoms with Crippen LogP contribution in [0.1, 0.15) is 39.0 Å². The van der Waals surface area contributed by atoms with Crippen LogP contribution in [0.2, 0.25) is 0 Å². The van der Waals surface area contributed by atoms with Crippen molar-refractivity contribution in [3.05, 3.63) is 0 Å². The Morgan fingerprint density at radius 1 is 1.24 bits per heavy atom. The highest BCUT2D eigenvalue weighted by atomic mass is 16.5. The number of likely N-dealkylation sites (tertiary alicyclic amines) is 1. The minimum atomic E-state index is 0.432. The molecule has 0 aromatic rings. The van der Waals surface area contributed by atoms with Crippen molar-refractivity contribution in [3.8, 4) is 0 Å². The molecule has 0 unspecified atom stereocenters. The summed E-state index contributed by atoms with van der Waals surface area (Å²) < 4.78 is 10.9. The molecule has 2 aliphatic heterocycles. The topological polar surface area (TPSA) is 33.7 Å². The quantitative estimate of drug-likeness (QED) is 0.696. The fraction of sp³-hybridized carbons (Fsp3) is 1.00. The molecule has 0 radical (unpaired) electrons. The first-order chi connectivity index (χ1) is 10.3. The van der Waals surface area contributed by atoms with E-state index in [1.54, 1.807) is 0 Å². The molecule has 0 saturated carbocycles. The van der Waals surface area contributed by atoms with E-state index in [1.165, 1.54) is 51.7 Å². The summed E-state index contributed by atoms with van der Waals surface area (Å²) in [5, 5.41) is 3.66. The number of piperidine rings is 1. The zero-order valence-corrected chi connectivity index (χ0v) is 14.0. The fourth-order valence-electron chi connectivity index (χ4n) is 3.75. The molecule has 0 aliphatic carbocycles. The van der Waals surface area contributed by atoms with Crippen LogP contribution in [-0.4, -0.2) is 64.6 Å². The van der Waals surface area contributed by atoms with Crippen LogP contribution in [0.25, 0.3) is 0 Å². The molecule has 2 aliphatic rings. The summed E-state index contributed by atoms with van der Waals surface area (Å²) >= 11 is 0. The number of rotatable bonds is 8. The fourth-order valence-corrected chi connectivity index (χ4v) is 3.75. The third-order valence-corrected chi connectivity index (χ3v) is 5.15. The number of ether oxygens (including phenoxy) is 2. The molecule has 124 valence electrons. The van der Waals surface area contributed by atoms with Gasteiger partial charge in [0.05, 0.1) is 0 Å². The van der Waals surface area contributed by atoms with E-state index in [9.17, 15) is 0 Å². The Morgan fingerprint density at radius 2 is 1.95 bits per heavy atom. The van der Waals surface area contributed by atoms with E-state index >= 15 is 0 Å². The lowest BCUT2D eigenvalue weighted by molar-refractivity contribution is -0.0120. The highest BCUT2D eigenvalue weighted by Crippen LogP contribution is 2.32. The van der Waals surface area contributed by atoms with Crippen LogP contribution in [0.15, 0.2) is 0 Å². The van der Waals surface area contributed by atoms with Crippen LogP contribution in [0, 0.1) is 11.3 Å². The van der Waals surface area contributed by atoms with Crippen molar-refractivity contribution in [1.29, 1.82) is 0 Å². The van der Waals surface area contributed by atoms with Gasteiger partial charge in [0.15, 0.2) is 0 Å². The van der Waals surface area contributed by atoms with Gasteiger partial charge in [-0.15, -0.1) is 0 Å². The number of hydrogen-bond donors (Lipinski definition) is 1. The maximum absolute atomic E-state index is 5.61. The first kappa shape index (κ1) is 17.2. The third-order valence-electron chi connectivity index (χ3n) is 5.15. The van der Waals surface area contributed by atoms with Gasteiger partial charge < -0.3 is 19.7 Å². The Kier molecular flexibility index (Phi) is 7.44. The van der Waals surface area contributed by atoms with Crippen molar-refractivity contribution >= 4 is 0 Å². The Bertz CT molecular complexity index is 272. The van der Waals surface area contributed by atoms with Gasteiger partial charge in [-0.3, -0.25) is 0 Å². The van der Waals surface area contributed by atoms with E-state index in [1.807, 2.05) is 7.11 Å². The van der Waals surface area contributed by atoms with E-state index in [2.05, 4.69) is 17.1 Å². The summed E-state index contributed by atoms with van der Waals surface area (Å²) in [7, 11) is 1.82. The van der Waals surface area contributed by atoms with Gasteiger partial charge in [-0.05, 0) is 63.1 Å². The van der Waals surface area contributed by atoms with Gasteiger partial charge in [0.2, 0.25) is 0 Å². The summed E-state index contributed by atoms with van der Waals surface area (Å²) in [6.07, 6.45) is 6.23. The molecule has 2 heterocycles. The average Bonchev–Trinajstić information content (AvgIpc) is 2.51. The van der Waals surface area contributed by atoms with Crippen molar-refractivity contribution in [2.24, 2.45) is 11.3 Å². The van der Waals surface area contributed by atoms with Gasteiger partial charge in [-0.1, -0.05) is 6.92 Å². The highest BCUT2D eigenvalue weighted by Gasteiger charge is 2.35. The summed E-state index contributed by atoms with van der Waals surface area (Å²) in [5.41, 5.74) is 0.432. The second-order valence-corrected chi connectivity index (χ2v) is 6.96. The average molecular weight is 298 g/mol. The van der Waals surface area contributed by atoms with Gasteiger partial charge in [0.25, 0.3) is 0 Å². The molecule has 2 rings (SSSR count). The maximum atomic E-state index is 5.61. The second-order valence-electron chi connectivity index (χ2n) is 6.96. The van der Waals surface area contributed by atoms with Crippen LogP contribution in [0.4, 0.5) is 0 Å². The second kappa shape index (κ2) is 9.09. The number of methoxy groups -OCH3 is 1. The Labute approximate surface area is 130 Å². The predicted octanol–water partition coefficient (Wildman–Crippen LogP) is 2.14. The lowest BCUT2D eigenvalue weighted by Gasteiger charge is -2.43. The van der Waals surface area contributed by atoms with Gasteiger partial charge in [0, 0.05) is 40.0 Å². The third kappa shape index (κ3) is 5.51. The largest absolute Gasteiger partial charge is 0.384 e. The summed E-state index contributed by atoms with van der Waals surface area (Å²) in [5.74, 6) is 0.773. The Hall–Kier alpha value is -0.160. The van der Waals surface area contributed by atoms with Crippen LogP contribution in [0.5, 0.6) is 0 Å². The van der Waals surface area contributed by atoms with Gasteiger partial charge in [-0.2, -0.15) is 0 Å². The minimum absolute atomic E-state index is 0.432. The van der Waals surface area contributed by atoms with E-state index in [0.29, 0.717) is 5.41 Å². The van der Waals surface area contributed by atoms with Crippen molar-refractivity contribution < 1.29 is 9.47 Å². The molecule has 0 amide bonds. The monoisotopic (exact) mass is 298 g/mol. The molecule has 2 saturated heterocycles. The molecule has 4 heteroatoms. The summed E-state index contributed by atoms with van der Waals surface area (Å²) in [6, 6.07) is 0. The summed E-state index contributed by atoms with van der Waals surface area (Å²) in [4.78, 5) is 2.69. The van der Waals surface area contributed by atoms with Crippen LogP contribution >= 0.6 is 0 Å². The van der Waals surface area contributed by atoms with Crippen LogP contribution in [-0.2, 0) is 9.47 Å². The smallest absolute Gasteiger partial charge is 0.0491 e. The molecule has 2 fully saturated rings. The lowest BCUT2D eigenvalue weighted by atomic mass is 9.79.